The van der Waals surface area contributed by atoms with Crippen molar-refractivity contribution in [2.75, 3.05) is 13.4 Å². The van der Waals surface area contributed by atoms with Gasteiger partial charge in [-0.1, -0.05) is 11.6 Å². The van der Waals surface area contributed by atoms with Gasteiger partial charge in [-0.25, -0.2) is 37.9 Å². The zero-order valence-corrected chi connectivity index (χ0v) is 19.1. The lowest BCUT2D eigenvalue weighted by Crippen LogP contribution is -2.09. The predicted molar refractivity (Wildman–Crippen MR) is 116 cm³/mol. The number of hydrogen-bond donors (Lipinski definition) is 0. The van der Waals surface area contributed by atoms with Crippen molar-refractivity contribution in [1.82, 2.24) is 24.3 Å². The quantitative estimate of drug-likeness (QED) is 0.227. The first-order valence-corrected chi connectivity index (χ1v) is 11.0. The molecule has 0 atom stereocenters. The van der Waals surface area contributed by atoms with Gasteiger partial charge in [-0.05, 0) is 36.4 Å². The third-order valence-electron chi connectivity index (χ3n) is 4.84. The maximum absolute atomic E-state index is 14.5. The third kappa shape index (κ3) is 4.25. The van der Waals surface area contributed by atoms with Gasteiger partial charge in [-0.2, -0.15) is 0 Å². The van der Waals surface area contributed by atoms with Crippen LogP contribution in [-0.4, -0.2) is 43.7 Å². The van der Waals surface area contributed by atoms with Crippen LogP contribution in [0.1, 0.15) is 27.3 Å². The number of esters is 1. The first-order chi connectivity index (χ1) is 15.7. The topological polar surface area (TPSA) is 82.3 Å². The molecule has 0 N–H and O–H groups in total. The van der Waals surface area contributed by atoms with E-state index in [1.165, 1.54) is 30.8 Å². The fraction of sp³-hybridized carbons (Fsp3) is 0.190. The SMILES string of the molecule is COC(=O)c1cnc2c(Cc3cc(F)c(C)cc3F)nc(-c3nc(Cl)c(F)c(SC)n3)cn12. The molecule has 170 valence electrons. The number of rotatable bonds is 5. The molecule has 4 rings (SSSR count). The first-order valence-electron chi connectivity index (χ1n) is 9.40. The van der Waals surface area contributed by atoms with Gasteiger partial charge >= 0.3 is 5.97 Å². The Morgan fingerprint density at radius 2 is 1.94 bits per heavy atom. The Morgan fingerprint density at radius 3 is 2.64 bits per heavy atom. The van der Waals surface area contributed by atoms with Crippen LogP contribution >= 0.6 is 23.4 Å². The average molecular weight is 494 g/mol. The highest BCUT2D eigenvalue weighted by molar-refractivity contribution is 7.98. The highest BCUT2D eigenvalue weighted by Gasteiger charge is 2.21. The number of thioether (sulfide) groups is 1. The minimum absolute atomic E-state index is 0.00100. The number of carbonyl (C=O) groups is 1. The molecule has 12 heteroatoms. The molecule has 0 radical (unpaired) electrons. The van der Waals surface area contributed by atoms with E-state index in [0.717, 1.165) is 23.9 Å². The number of nitrogens with zero attached hydrogens (tertiary/aromatic N) is 5. The van der Waals surface area contributed by atoms with Gasteiger partial charge in [0.1, 0.15) is 22.4 Å². The molecule has 3 aromatic heterocycles. The lowest BCUT2D eigenvalue weighted by Gasteiger charge is -2.11. The van der Waals surface area contributed by atoms with Gasteiger partial charge in [0.2, 0.25) is 0 Å². The summed E-state index contributed by atoms with van der Waals surface area (Å²) in [5.74, 6) is -2.67. The van der Waals surface area contributed by atoms with Crippen molar-refractivity contribution in [1.29, 1.82) is 0 Å². The average Bonchev–Trinajstić information content (AvgIpc) is 3.23. The number of imidazole rings is 1. The molecule has 0 saturated heterocycles. The number of benzene rings is 1. The summed E-state index contributed by atoms with van der Waals surface area (Å²) in [6.45, 7) is 1.45. The normalized spacial score (nSPS) is 11.2. The largest absolute Gasteiger partial charge is 0.464 e. The Balaban J connectivity index is 1.95. The molecule has 0 unspecified atom stereocenters. The highest BCUT2D eigenvalue weighted by Crippen LogP contribution is 2.27. The lowest BCUT2D eigenvalue weighted by atomic mass is 10.1. The monoisotopic (exact) mass is 493 g/mol. The Labute approximate surface area is 195 Å². The second kappa shape index (κ2) is 8.99. The smallest absolute Gasteiger partial charge is 0.356 e. The van der Waals surface area contributed by atoms with Gasteiger partial charge < -0.3 is 4.74 Å². The fourth-order valence-corrected chi connectivity index (χ4v) is 3.87. The highest BCUT2D eigenvalue weighted by atomic mass is 35.5. The second-order valence-electron chi connectivity index (χ2n) is 6.93. The lowest BCUT2D eigenvalue weighted by molar-refractivity contribution is 0.0593. The standard InChI is InChI=1S/C21H15ClF3N5O2S/c1-9-4-12(24)10(5-11(9)23)6-13-19-26-7-15(21(31)32-2)30(19)8-14(27-13)18-28-17(22)16(25)20(29-18)33-3/h4-5,7-8H,6H2,1-3H3. The number of carbonyl (C=O) groups excluding carboxylic acids is 1. The summed E-state index contributed by atoms with van der Waals surface area (Å²) in [4.78, 5) is 29.0. The Kier molecular flexibility index (Phi) is 6.26. The molecule has 7 nitrogen and oxygen atoms in total. The number of hydrogen-bond acceptors (Lipinski definition) is 7. The summed E-state index contributed by atoms with van der Waals surface area (Å²) < 4.78 is 49.0. The number of aryl methyl sites for hydroxylation is 1. The van der Waals surface area contributed by atoms with Crippen molar-refractivity contribution in [3.63, 3.8) is 0 Å². The Hall–Kier alpha value is -3.18. The molecule has 3 heterocycles. The molecule has 0 aliphatic carbocycles. The number of methoxy groups -OCH3 is 1. The second-order valence-corrected chi connectivity index (χ2v) is 8.09. The van der Waals surface area contributed by atoms with Gasteiger partial charge in [0.25, 0.3) is 0 Å². The minimum Gasteiger partial charge on any atom is -0.464 e. The van der Waals surface area contributed by atoms with E-state index in [0.29, 0.717) is 0 Å². The summed E-state index contributed by atoms with van der Waals surface area (Å²) in [5, 5.41) is -0.405. The molecule has 4 aromatic rings. The molecule has 0 aliphatic heterocycles. The van der Waals surface area contributed by atoms with Crippen LogP contribution in [0.3, 0.4) is 0 Å². The van der Waals surface area contributed by atoms with Crippen molar-refractivity contribution >= 4 is 35.0 Å². The number of halogens is 4. The molecule has 33 heavy (non-hydrogen) atoms. The van der Waals surface area contributed by atoms with Gasteiger partial charge in [0.15, 0.2) is 28.1 Å². The van der Waals surface area contributed by atoms with Crippen LogP contribution in [0.25, 0.3) is 17.2 Å². The summed E-state index contributed by atoms with van der Waals surface area (Å²) in [5.41, 5.74) is 0.806. The van der Waals surface area contributed by atoms with Crippen molar-refractivity contribution in [2.24, 2.45) is 0 Å². The van der Waals surface area contributed by atoms with E-state index < -0.39 is 28.6 Å². The van der Waals surface area contributed by atoms with E-state index >= 15 is 0 Å². The Morgan fingerprint density at radius 1 is 1.18 bits per heavy atom. The zero-order chi connectivity index (χ0) is 23.9. The predicted octanol–water partition coefficient (Wildman–Crippen LogP) is 4.66. The number of ether oxygens (including phenoxy) is 1. The van der Waals surface area contributed by atoms with E-state index in [1.54, 1.807) is 6.26 Å². The maximum Gasteiger partial charge on any atom is 0.356 e. The van der Waals surface area contributed by atoms with E-state index in [2.05, 4.69) is 19.9 Å². The summed E-state index contributed by atoms with van der Waals surface area (Å²) in [6.07, 6.45) is 4.15. The fourth-order valence-electron chi connectivity index (χ4n) is 3.19. The van der Waals surface area contributed by atoms with E-state index in [1.807, 2.05) is 0 Å². The van der Waals surface area contributed by atoms with Gasteiger partial charge in [0, 0.05) is 12.6 Å². The molecule has 0 fully saturated rings. The van der Waals surface area contributed by atoms with Crippen LogP contribution in [0.2, 0.25) is 5.15 Å². The number of aromatic nitrogens is 5. The van der Waals surface area contributed by atoms with Gasteiger partial charge in [0.05, 0.1) is 19.0 Å². The molecule has 0 saturated carbocycles. The van der Waals surface area contributed by atoms with Crippen molar-refractivity contribution in [2.45, 2.75) is 18.4 Å². The van der Waals surface area contributed by atoms with Crippen LogP contribution in [0.15, 0.2) is 29.6 Å². The van der Waals surface area contributed by atoms with E-state index in [9.17, 15) is 18.0 Å². The van der Waals surface area contributed by atoms with Gasteiger partial charge in [-0.3, -0.25) is 4.40 Å². The summed E-state index contributed by atoms with van der Waals surface area (Å²) in [6, 6.07) is 2.17. The molecule has 0 spiro atoms. The number of fused-ring (bicyclic) bond motifs is 1. The van der Waals surface area contributed by atoms with Crippen LogP contribution in [0.5, 0.6) is 0 Å². The first kappa shape index (κ1) is 23.0. The van der Waals surface area contributed by atoms with Crippen LogP contribution in [0.4, 0.5) is 13.2 Å². The third-order valence-corrected chi connectivity index (χ3v) is 5.75. The van der Waals surface area contributed by atoms with Crippen LogP contribution < -0.4 is 0 Å². The van der Waals surface area contributed by atoms with Gasteiger partial charge in [-0.15, -0.1) is 11.8 Å². The maximum atomic E-state index is 14.5. The molecular formula is C21H15ClF3N5O2S. The van der Waals surface area contributed by atoms with Crippen LogP contribution in [-0.2, 0) is 11.2 Å². The van der Waals surface area contributed by atoms with Crippen molar-refractivity contribution in [3.8, 4) is 11.5 Å². The van der Waals surface area contributed by atoms with E-state index in [-0.39, 0.29) is 51.1 Å². The molecule has 0 bridgehead atoms. The molecule has 0 amide bonds. The van der Waals surface area contributed by atoms with E-state index in [4.69, 9.17) is 16.3 Å². The summed E-state index contributed by atoms with van der Waals surface area (Å²) in [7, 11) is 1.21. The summed E-state index contributed by atoms with van der Waals surface area (Å²) >= 11 is 6.94. The molecule has 1 aromatic carbocycles. The Bertz CT molecular complexity index is 1410. The van der Waals surface area contributed by atoms with Crippen molar-refractivity contribution < 1.29 is 22.7 Å². The van der Waals surface area contributed by atoms with Crippen molar-refractivity contribution in [3.05, 3.63) is 69.6 Å². The molecular weight excluding hydrogens is 479 g/mol. The van der Waals surface area contributed by atoms with Crippen LogP contribution in [0, 0.1) is 24.4 Å². The molecule has 0 aliphatic rings. The zero-order valence-electron chi connectivity index (χ0n) is 17.5. The minimum atomic E-state index is -0.774.